The van der Waals surface area contributed by atoms with Gasteiger partial charge in [-0.05, 0) is 93.3 Å². The molecule has 4 aliphatic carbocycles. The summed E-state index contributed by atoms with van der Waals surface area (Å²) in [5, 5.41) is 11.3. The van der Waals surface area contributed by atoms with Crippen LogP contribution in [0.1, 0.15) is 97.8 Å². The van der Waals surface area contributed by atoms with E-state index in [1.807, 2.05) is 0 Å². The second-order valence-electron chi connectivity index (χ2n) is 11.3. The summed E-state index contributed by atoms with van der Waals surface area (Å²) in [5.41, 5.74) is 0.233. The zero-order valence-electron chi connectivity index (χ0n) is 21.2. The molecule has 0 aliphatic heterocycles. The quantitative estimate of drug-likeness (QED) is 0.535. The smallest absolute Gasteiger partial charge is 0.406 e. The largest absolute Gasteiger partial charge is 0.481 e. The molecule has 4 fully saturated rings. The van der Waals surface area contributed by atoms with E-state index < -0.39 is 5.97 Å². The van der Waals surface area contributed by atoms with Gasteiger partial charge in [-0.25, -0.2) is 4.79 Å². The van der Waals surface area contributed by atoms with Crippen LogP contribution in [0.2, 0.25) is 0 Å². The molecule has 0 radical (unpaired) electrons. The van der Waals surface area contributed by atoms with Gasteiger partial charge in [0.05, 0.1) is 6.61 Å². The predicted octanol–water partition coefficient (Wildman–Crippen LogP) is 5.83. The minimum atomic E-state index is -0.705. The van der Waals surface area contributed by atoms with Crippen molar-refractivity contribution in [2.75, 3.05) is 13.7 Å². The molecule has 6 nitrogen and oxygen atoms in total. The molecule has 4 saturated carbocycles. The Morgan fingerprint density at radius 3 is 2.48 bits per heavy atom. The minimum absolute atomic E-state index is 0.169. The van der Waals surface area contributed by atoms with Crippen LogP contribution in [0.3, 0.4) is 0 Å². The number of ether oxygens (including phenoxy) is 1. The van der Waals surface area contributed by atoms with E-state index in [1.54, 1.807) is 6.92 Å². The van der Waals surface area contributed by atoms with E-state index >= 15 is 0 Å². The van der Waals surface area contributed by atoms with Gasteiger partial charge in [-0.3, -0.25) is 9.59 Å². The number of hydrogen-bond donors (Lipinski definition) is 2. The highest BCUT2D eigenvalue weighted by molar-refractivity contribution is 5.87. The summed E-state index contributed by atoms with van der Waals surface area (Å²) in [7, 11) is 1.53. The van der Waals surface area contributed by atoms with Crippen LogP contribution in [-0.4, -0.2) is 36.6 Å². The highest BCUT2D eigenvalue weighted by Crippen LogP contribution is 2.66. The number of carbonyl (C=O) groups excluding carboxylic acids is 2. The molecule has 1 amide bonds. The predicted molar refractivity (Wildman–Crippen MR) is 128 cm³/mol. The molecule has 4 aliphatic rings. The zero-order chi connectivity index (χ0) is 24.2. The fourth-order valence-corrected chi connectivity index (χ4v) is 8.29. The van der Waals surface area contributed by atoms with Crippen LogP contribution in [0.25, 0.3) is 0 Å². The summed E-state index contributed by atoms with van der Waals surface area (Å²) >= 11 is 0. The Bertz CT molecular complexity index is 723. The van der Waals surface area contributed by atoms with Crippen molar-refractivity contribution in [2.24, 2.45) is 40.4 Å². The maximum absolute atomic E-state index is 13.5. The molecular formula is C27H45NO5. The number of Topliss-reactive ketones (excluding diaryl/α,β-unsaturated/α-hetero) is 1. The van der Waals surface area contributed by atoms with E-state index in [4.69, 9.17) is 5.11 Å². The van der Waals surface area contributed by atoms with Crippen molar-refractivity contribution < 1.29 is 24.2 Å². The van der Waals surface area contributed by atoms with Gasteiger partial charge in [-0.15, -0.1) is 0 Å². The number of nitrogens with one attached hydrogen (secondary N) is 1. The Hall–Kier alpha value is -1.59. The van der Waals surface area contributed by atoms with Crippen molar-refractivity contribution in [1.29, 1.82) is 0 Å². The van der Waals surface area contributed by atoms with Gasteiger partial charge in [0.2, 0.25) is 0 Å². The molecule has 0 aromatic carbocycles. The van der Waals surface area contributed by atoms with Crippen LogP contribution >= 0.6 is 0 Å². The topological polar surface area (TPSA) is 92.7 Å². The molecule has 4 rings (SSSR count). The molecule has 0 heterocycles. The normalized spacial score (nSPS) is 39.3. The average Bonchev–Trinajstić information content (AvgIpc) is 3.12. The molecular weight excluding hydrogens is 418 g/mol. The highest BCUT2D eigenvalue weighted by Gasteiger charge is 2.62. The Morgan fingerprint density at radius 2 is 1.85 bits per heavy atom. The zero-order valence-corrected chi connectivity index (χ0v) is 21.2. The summed E-state index contributed by atoms with van der Waals surface area (Å²) in [5.74, 6) is 2.99. The summed E-state index contributed by atoms with van der Waals surface area (Å²) in [6.45, 7) is 6.96. The van der Waals surface area contributed by atoms with Gasteiger partial charge in [0, 0.05) is 25.3 Å². The molecule has 2 N–H and O–H groups in total. The Morgan fingerprint density at radius 1 is 1.09 bits per heavy atom. The number of hydrogen-bond acceptors (Lipinski definition) is 4. The van der Waals surface area contributed by atoms with Crippen molar-refractivity contribution in [3.05, 3.63) is 0 Å². The third-order valence-corrected chi connectivity index (χ3v) is 10.1. The number of ketones is 1. The lowest BCUT2D eigenvalue weighted by Gasteiger charge is -2.59. The van der Waals surface area contributed by atoms with Crippen molar-refractivity contribution in [2.45, 2.75) is 97.8 Å². The first-order valence-electron chi connectivity index (χ1n) is 13.3. The Kier molecular flexibility index (Phi) is 8.50. The summed E-state index contributed by atoms with van der Waals surface area (Å²) in [4.78, 5) is 34.4. The molecule has 0 spiro atoms. The summed E-state index contributed by atoms with van der Waals surface area (Å²) in [6.07, 6.45) is 12.8. The van der Waals surface area contributed by atoms with E-state index in [2.05, 4.69) is 23.9 Å². The number of rotatable bonds is 5. The Balaban J connectivity index is 0.000000383. The average molecular weight is 464 g/mol. The van der Waals surface area contributed by atoms with Gasteiger partial charge in [-0.2, -0.15) is 0 Å². The van der Waals surface area contributed by atoms with Gasteiger partial charge in [0.25, 0.3) is 0 Å². The van der Waals surface area contributed by atoms with Gasteiger partial charge in [-0.1, -0.05) is 26.7 Å². The fraction of sp³-hybridized carbons (Fsp3) is 0.889. The Labute approximate surface area is 199 Å². The summed E-state index contributed by atoms with van der Waals surface area (Å²) < 4.78 is 4.44. The van der Waals surface area contributed by atoms with E-state index in [9.17, 15) is 14.4 Å². The van der Waals surface area contributed by atoms with Crippen LogP contribution in [-0.2, 0) is 14.3 Å². The molecule has 7 atom stereocenters. The SMILES string of the molecule is CC12CCCCC1CCC1C2CC(=O)C2(C)C(CCCC(=O)O)CCC12.CCOC(=O)NC. The van der Waals surface area contributed by atoms with Gasteiger partial charge >= 0.3 is 12.1 Å². The lowest BCUT2D eigenvalue weighted by molar-refractivity contribution is -0.156. The van der Waals surface area contributed by atoms with Gasteiger partial charge < -0.3 is 15.2 Å². The first-order valence-corrected chi connectivity index (χ1v) is 13.3. The molecule has 0 aromatic heterocycles. The third-order valence-electron chi connectivity index (χ3n) is 10.1. The molecule has 188 valence electrons. The molecule has 33 heavy (non-hydrogen) atoms. The standard InChI is InChI=1S/C23H36O3.C4H9NO2/c1-22-13-4-3-6-15(22)9-11-17-18-12-10-16(7-5-8-21(25)26)23(18,2)20(24)14-19(17)22;1-3-7-4(6)5-2/h15-19H,3-14H2,1-2H3,(H,25,26);3H2,1-2H3,(H,5,6). The van der Waals surface area contributed by atoms with Crippen molar-refractivity contribution >= 4 is 17.8 Å². The maximum atomic E-state index is 13.5. The summed E-state index contributed by atoms with van der Waals surface area (Å²) in [6, 6.07) is 0. The van der Waals surface area contributed by atoms with E-state index in [-0.39, 0.29) is 17.9 Å². The number of carboxylic acids is 1. The van der Waals surface area contributed by atoms with Crippen LogP contribution in [0.5, 0.6) is 0 Å². The highest BCUT2D eigenvalue weighted by atomic mass is 16.5. The van der Waals surface area contributed by atoms with Crippen LogP contribution in [0, 0.1) is 40.4 Å². The lowest BCUT2D eigenvalue weighted by atomic mass is 9.44. The minimum Gasteiger partial charge on any atom is -0.481 e. The molecule has 0 aromatic rings. The molecule has 6 heteroatoms. The number of amides is 1. The van der Waals surface area contributed by atoms with Crippen molar-refractivity contribution in [3.63, 3.8) is 0 Å². The molecule has 0 bridgehead atoms. The lowest BCUT2D eigenvalue weighted by Crippen LogP contribution is -2.56. The second kappa shape index (κ2) is 10.8. The second-order valence-corrected chi connectivity index (χ2v) is 11.3. The number of aliphatic carboxylic acids is 1. The van der Waals surface area contributed by atoms with Crippen LogP contribution in [0.4, 0.5) is 4.79 Å². The molecule has 7 unspecified atom stereocenters. The fourth-order valence-electron chi connectivity index (χ4n) is 8.29. The third kappa shape index (κ3) is 5.09. The van der Waals surface area contributed by atoms with Crippen molar-refractivity contribution in [3.8, 4) is 0 Å². The first kappa shape index (κ1) is 26.0. The van der Waals surface area contributed by atoms with Gasteiger partial charge in [0.15, 0.2) is 0 Å². The van der Waals surface area contributed by atoms with E-state index in [0.717, 1.165) is 37.5 Å². The van der Waals surface area contributed by atoms with E-state index in [0.29, 0.717) is 35.6 Å². The molecule has 0 saturated heterocycles. The monoisotopic (exact) mass is 463 g/mol. The number of fused-ring (bicyclic) bond motifs is 5. The number of carboxylic acid groups (broad SMARTS) is 1. The van der Waals surface area contributed by atoms with Crippen molar-refractivity contribution in [1.82, 2.24) is 5.32 Å². The van der Waals surface area contributed by atoms with Crippen LogP contribution in [0.15, 0.2) is 0 Å². The number of alkyl carbamates (subject to hydrolysis) is 1. The van der Waals surface area contributed by atoms with E-state index in [1.165, 1.54) is 52.0 Å². The first-order chi connectivity index (χ1) is 15.7. The van der Waals surface area contributed by atoms with Gasteiger partial charge in [0.1, 0.15) is 5.78 Å². The maximum Gasteiger partial charge on any atom is 0.406 e. The van der Waals surface area contributed by atoms with Crippen LogP contribution < -0.4 is 5.32 Å². The number of carbonyl (C=O) groups is 3.